The molecule has 0 aliphatic rings. The van der Waals surface area contributed by atoms with Gasteiger partial charge in [-0.3, -0.25) is 0 Å². The first-order chi connectivity index (χ1) is 6.60. The summed E-state index contributed by atoms with van der Waals surface area (Å²) < 4.78 is 0. The van der Waals surface area contributed by atoms with Gasteiger partial charge in [0, 0.05) is 24.4 Å². The van der Waals surface area contributed by atoms with Crippen molar-refractivity contribution in [2.45, 2.75) is 32.4 Å². The molecule has 0 saturated heterocycles. The second-order valence-corrected chi connectivity index (χ2v) is 4.35. The van der Waals surface area contributed by atoms with E-state index in [1.165, 1.54) is 0 Å². The van der Waals surface area contributed by atoms with Crippen molar-refractivity contribution in [2.75, 3.05) is 18.6 Å². The second kappa shape index (κ2) is 7.94. The molecule has 0 aliphatic carbocycles. The van der Waals surface area contributed by atoms with Gasteiger partial charge in [0.2, 0.25) is 0 Å². The Kier molecular flexibility index (Phi) is 7.70. The molecular weight excluding hydrogens is 200 g/mol. The number of amides is 2. The van der Waals surface area contributed by atoms with Crippen molar-refractivity contribution in [3.05, 3.63) is 0 Å². The highest BCUT2D eigenvalue weighted by molar-refractivity contribution is 7.98. The molecule has 0 saturated carbocycles. The molecule has 2 amide bonds. The van der Waals surface area contributed by atoms with E-state index in [4.69, 9.17) is 5.11 Å². The second-order valence-electron chi connectivity index (χ2n) is 3.44. The molecule has 3 N–H and O–H groups in total. The summed E-state index contributed by atoms with van der Waals surface area (Å²) >= 11 is 1.66. The van der Waals surface area contributed by atoms with E-state index >= 15 is 0 Å². The van der Waals surface area contributed by atoms with Crippen LogP contribution >= 0.6 is 11.8 Å². The molecule has 14 heavy (non-hydrogen) atoms. The molecule has 0 aliphatic heterocycles. The van der Waals surface area contributed by atoms with Crippen LogP contribution in [0.25, 0.3) is 0 Å². The molecule has 1 atom stereocenters. The number of aliphatic hydroxyl groups excluding tert-OH is 1. The number of urea groups is 1. The third-order valence-corrected chi connectivity index (χ3v) is 2.34. The van der Waals surface area contributed by atoms with E-state index in [1.54, 1.807) is 11.8 Å². The zero-order chi connectivity index (χ0) is 11.0. The minimum atomic E-state index is -0.160. The van der Waals surface area contributed by atoms with Gasteiger partial charge >= 0.3 is 6.03 Å². The summed E-state index contributed by atoms with van der Waals surface area (Å²) in [6.45, 7) is 3.93. The highest BCUT2D eigenvalue weighted by Gasteiger charge is 2.11. The number of carbonyl (C=O) groups is 1. The van der Waals surface area contributed by atoms with E-state index in [1.807, 2.05) is 20.1 Å². The average molecular weight is 220 g/mol. The van der Waals surface area contributed by atoms with Crippen LogP contribution in [0.15, 0.2) is 0 Å². The monoisotopic (exact) mass is 220 g/mol. The van der Waals surface area contributed by atoms with E-state index in [9.17, 15) is 4.79 Å². The predicted molar refractivity (Wildman–Crippen MR) is 60.7 cm³/mol. The summed E-state index contributed by atoms with van der Waals surface area (Å²) in [6.07, 6.45) is 2.58. The third kappa shape index (κ3) is 7.03. The van der Waals surface area contributed by atoms with Gasteiger partial charge in [0.05, 0.1) is 0 Å². The molecule has 0 aromatic rings. The summed E-state index contributed by atoms with van der Waals surface area (Å²) in [4.78, 5) is 11.3. The fourth-order valence-corrected chi connectivity index (χ4v) is 1.70. The van der Waals surface area contributed by atoms with Crippen LogP contribution < -0.4 is 10.6 Å². The van der Waals surface area contributed by atoms with E-state index in [0.29, 0.717) is 6.42 Å². The first-order valence-electron chi connectivity index (χ1n) is 4.77. The first kappa shape index (κ1) is 13.6. The predicted octanol–water partition coefficient (Wildman–Crippen LogP) is 0.808. The smallest absolute Gasteiger partial charge is 0.315 e. The number of carbonyl (C=O) groups excluding carboxylic acids is 1. The molecule has 0 bridgehead atoms. The lowest BCUT2D eigenvalue weighted by Crippen LogP contribution is -2.45. The maximum Gasteiger partial charge on any atom is 0.315 e. The number of nitrogens with one attached hydrogen (secondary N) is 2. The quantitative estimate of drug-likeness (QED) is 0.621. The highest BCUT2D eigenvalue weighted by atomic mass is 32.2. The summed E-state index contributed by atoms with van der Waals surface area (Å²) in [6, 6.07) is 0.0281. The van der Waals surface area contributed by atoms with E-state index in [0.717, 1.165) is 5.75 Å². The highest BCUT2D eigenvalue weighted by Crippen LogP contribution is 2.00. The molecule has 0 aromatic heterocycles. The van der Waals surface area contributed by atoms with Gasteiger partial charge in [-0.1, -0.05) is 0 Å². The summed E-state index contributed by atoms with van der Waals surface area (Å²) in [5, 5.41) is 14.3. The van der Waals surface area contributed by atoms with Crippen molar-refractivity contribution in [3.8, 4) is 0 Å². The van der Waals surface area contributed by atoms with Gasteiger partial charge in [-0.2, -0.15) is 11.8 Å². The maximum absolute atomic E-state index is 11.3. The van der Waals surface area contributed by atoms with Crippen LogP contribution in [-0.4, -0.2) is 41.8 Å². The number of rotatable bonds is 6. The van der Waals surface area contributed by atoms with E-state index in [2.05, 4.69) is 10.6 Å². The van der Waals surface area contributed by atoms with Gasteiger partial charge in [0.25, 0.3) is 0 Å². The Labute approximate surface area is 89.8 Å². The maximum atomic E-state index is 11.3. The number of hydrogen-bond acceptors (Lipinski definition) is 3. The van der Waals surface area contributed by atoms with Crippen LogP contribution in [0, 0.1) is 0 Å². The van der Waals surface area contributed by atoms with Gasteiger partial charge in [0.1, 0.15) is 0 Å². The van der Waals surface area contributed by atoms with Crippen molar-refractivity contribution in [3.63, 3.8) is 0 Å². The van der Waals surface area contributed by atoms with E-state index in [-0.39, 0.29) is 24.7 Å². The lowest BCUT2D eigenvalue weighted by molar-refractivity contribution is 0.229. The molecule has 0 radical (unpaired) electrons. The first-order valence-corrected chi connectivity index (χ1v) is 6.16. The summed E-state index contributed by atoms with van der Waals surface area (Å²) in [7, 11) is 0. The molecule has 0 aromatic carbocycles. The molecule has 4 nitrogen and oxygen atoms in total. The van der Waals surface area contributed by atoms with Crippen LogP contribution in [0.1, 0.15) is 20.3 Å². The van der Waals surface area contributed by atoms with Crippen LogP contribution in [0.4, 0.5) is 4.79 Å². The molecule has 1 unspecified atom stereocenters. The van der Waals surface area contributed by atoms with Crippen LogP contribution in [0.3, 0.4) is 0 Å². The standard InChI is InChI=1S/C9H20N2O2S/c1-7(2)10-9(13)11-8(4-5-12)6-14-3/h7-8,12H,4-6H2,1-3H3,(H2,10,11,13). The molecule has 5 heteroatoms. The van der Waals surface area contributed by atoms with Crippen LogP contribution in [0.2, 0.25) is 0 Å². The minimum Gasteiger partial charge on any atom is -0.396 e. The summed E-state index contributed by atoms with van der Waals surface area (Å²) in [5.41, 5.74) is 0. The fraction of sp³-hybridized carbons (Fsp3) is 0.889. The SMILES string of the molecule is CSCC(CCO)NC(=O)NC(C)C. The Hall–Kier alpha value is -0.420. The van der Waals surface area contributed by atoms with Gasteiger partial charge in [0.15, 0.2) is 0 Å². The Morgan fingerprint density at radius 3 is 2.50 bits per heavy atom. The fourth-order valence-electron chi connectivity index (χ4n) is 1.04. The summed E-state index contributed by atoms with van der Waals surface area (Å²) in [5.74, 6) is 0.825. The molecule has 0 heterocycles. The lowest BCUT2D eigenvalue weighted by atomic mass is 10.2. The Morgan fingerprint density at radius 2 is 2.07 bits per heavy atom. The number of thioether (sulfide) groups is 1. The Balaban J connectivity index is 3.82. The normalized spacial score (nSPS) is 12.6. The molecule has 0 rings (SSSR count). The van der Waals surface area contributed by atoms with Crippen LogP contribution in [0.5, 0.6) is 0 Å². The van der Waals surface area contributed by atoms with Crippen LogP contribution in [-0.2, 0) is 0 Å². The van der Waals surface area contributed by atoms with Crippen molar-refractivity contribution in [1.29, 1.82) is 0 Å². The molecule has 0 fully saturated rings. The zero-order valence-electron chi connectivity index (χ0n) is 9.04. The molecule has 84 valence electrons. The van der Waals surface area contributed by atoms with Gasteiger partial charge in [-0.15, -0.1) is 0 Å². The van der Waals surface area contributed by atoms with Gasteiger partial charge < -0.3 is 15.7 Å². The topological polar surface area (TPSA) is 61.4 Å². The minimum absolute atomic E-state index is 0.0498. The number of hydrogen-bond donors (Lipinski definition) is 3. The van der Waals surface area contributed by atoms with Gasteiger partial charge in [-0.05, 0) is 26.5 Å². The van der Waals surface area contributed by atoms with Crippen molar-refractivity contribution in [2.24, 2.45) is 0 Å². The largest absolute Gasteiger partial charge is 0.396 e. The van der Waals surface area contributed by atoms with Gasteiger partial charge in [-0.25, -0.2) is 4.79 Å². The Morgan fingerprint density at radius 1 is 1.43 bits per heavy atom. The van der Waals surface area contributed by atoms with E-state index < -0.39 is 0 Å². The molecule has 0 spiro atoms. The third-order valence-electron chi connectivity index (χ3n) is 1.60. The number of aliphatic hydroxyl groups is 1. The van der Waals surface area contributed by atoms with Crippen molar-refractivity contribution in [1.82, 2.24) is 10.6 Å². The zero-order valence-corrected chi connectivity index (χ0v) is 9.86. The van der Waals surface area contributed by atoms with Crippen molar-refractivity contribution < 1.29 is 9.90 Å². The Bertz CT molecular complexity index is 159. The molecular formula is C9H20N2O2S. The van der Waals surface area contributed by atoms with Crippen molar-refractivity contribution >= 4 is 17.8 Å². The lowest BCUT2D eigenvalue weighted by Gasteiger charge is -2.18. The average Bonchev–Trinajstić information content (AvgIpc) is 2.03.